The highest BCUT2D eigenvalue weighted by Gasteiger charge is 2.48. The summed E-state index contributed by atoms with van der Waals surface area (Å²) < 4.78 is 25.6. The van der Waals surface area contributed by atoms with E-state index in [-0.39, 0.29) is 27.4 Å². The minimum absolute atomic E-state index is 0.0520. The summed E-state index contributed by atoms with van der Waals surface area (Å²) in [5.74, 6) is -2.08. The first kappa shape index (κ1) is 23.3. The normalized spacial score (nSPS) is 17.2. The molecular formula is C26H21ClFNO5. The lowest BCUT2D eigenvalue weighted by Crippen LogP contribution is -2.29. The number of aliphatic hydroxyl groups excluding tert-OH is 1. The van der Waals surface area contributed by atoms with Gasteiger partial charge in [0.1, 0.15) is 23.1 Å². The van der Waals surface area contributed by atoms with Crippen molar-refractivity contribution in [1.82, 2.24) is 0 Å². The third kappa shape index (κ3) is 4.10. The fraction of sp³-hybridized carbons (Fsp3) is 0.154. The van der Waals surface area contributed by atoms with Crippen molar-refractivity contribution in [3.05, 3.63) is 94.3 Å². The van der Waals surface area contributed by atoms with E-state index in [1.54, 1.807) is 42.5 Å². The fourth-order valence-electron chi connectivity index (χ4n) is 3.95. The van der Waals surface area contributed by atoms with Crippen molar-refractivity contribution in [3.8, 4) is 11.5 Å². The zero-order valence-electron chi connectivity index (χ0n) is 18.4. The molecule has 8 heteroatoms. The van der Waals surface area contributed by atoms with E-state index in [4.69, 9.17) is 21.1 Å². The first-order valence-electron chi connectivity index (χ1n) is 10.5. The van der Waals surface area contributed by atoms with Gasteiger partial charge in [-0.1, -0.05) is 41.9 Å². The molecule has 6 nitrogen and oxygen atoms in total. The average Bonchev–Trinajstić information content (AvgIpc) is 3.09. The monoisotopic (exact) mass is 481 g/mol. The molecule has 1 N–H and O–H groups in total. The summed E-state index contributed by atoms with van der Waals surface area (Å²) in [6, 6.07) is 15.6. The topological polar surface area (TPSA) is 76.1 Å². The van der Waals surface area contributed by atoms with E-state index in [0.29, 0.717) is 18.1 Å². The molecule has 0 aliphatic carbocycles. The molecule has 1 amide bonds. The Morgan fingerprint density at radius 2 is 1.85 bits per heavy atom. The standard InChI is InChI=1S/C26H21ClFNO5/c1-3-34-17-8-6-7-15(13-17)24(30)22-23(18-9-4-5-10-20(18)28)29(26(32)25(22)31)16-11-12-21(33-2)19(27)14-16/h4-14,23,30H,3H2,1-2H3/b24-22+. The molecule has 1 aliphatic heterocycles. The zero-order chi connectivity index (χ0) is 24.4. The molecule has 0 saturated carbocycles. The molecule has 0 spiro atoms. The highest BCUT2D eigenvalue weighted by atomic mass is 35.5. The molecule has 1 unspecified atom stereocenters. The number of benzene rings is 3. The van der Waals surface area contributed by atoms with E-state index in [0.717, 1.165) is 4.90 Å². The van der Waals surface area contributed by atoms with Crippen LogP contribution in [0.15, 0.2) is 72.3 Å². The smallest absolute Gasteiger partial charge is 0.300 e. The van der Waals surface area contributed by atoms with Gasteiger partial charge < -0.3 is 14.6 Å². The molecule has 1 aliphatic rings. The highest BCUT2D eigenvalue weighted by molar-refractivity contribution is 6.51. The van der Waals surface area contributed by atoms with E-state index in [2.05, 4.69) is 0 Å². The Bertz CT molecular complexity index is 1310. The molecule has 174 valence electrons. The number of hydrogen-bond acceptors (Lipinski definition) is 5. The molecule has 1 saturated heterocycles. The Balaban J connectivity index is 1.94. The van der Waals surface area contributed by atoms with Crippen LogP contribution in [0.4, 0.5) is 10.1 Å². The second kappa shape index (κ2) is 9.57. The molecule has 34 heavy (non-hydrogen) atoms. The van der Waals surface area contributed by atoms with Gasteiger partial charge in [-0.2, -0.15) is 0 Å². The Labute approximate surface area is 200 Å². The predicted octanol–water partition coefficient (Wildman–Crippen LogP) is 5.51. The Morgan fingerprint density at radius 1 is 1.09 bits per heavy atom. The van der Waals surface area contributed by atoms with Gasteiger partial charge in [0.05, 0.1) is 30.4 Å². The van der Waals surface area contributed by atoms with Gasteiger partial charge in [-0.15, -0.1) is 0 Å². The molecule has 3 aromatic rings. The van der Waals surface area contributed by atoms with Crippen LogP contribution in [-0.2, 0) is 9.59 Å². The number of ketones is 1. The lowest BCUT2D eigenvalue weighted by Gasteiger charge is -2.26. The summed E-state index contributed by atoms with van der Waals surface area (Å²) in [5, 5.41) is 11.4. The first-order valence-corrected chi connectivity index (χ1v) is 10.9. The number of Topliss-reactive ketones (excluding diaryl/α,β-unsaturated/α-hetero) is 1. The summed E-state index contributed by atoms with van der Waals surface area (Å²) >= 11 is 6.26. The molecule has 0 bridgehead atoms. The molecule has 0 radical (unpaired) electrons. The fourth-order valence-corrected chi connectivity index (χ4v) is 4.20. The van der Waals surface area contributed by atoms with Crippen LogP contribution in [0, 0.1) is 5.82 Å². The van der Waals surface area contributed by atoms with Gasteiger partial charge >= 0.3 is 0 Å². The van der Waals surface area contributed by atoms with Crippen LogP contribution in [-0.4, -0.2) is 30.5 Å². The SMILES string of the molecule is CCOc1cccc(/C(O)=C2\C(=O)C(=O)N(c3ccc(OC)c(Cl)c3)C2c2ccccc2F)c1. The number of amides is 1. The van der Waals surface area contributed by atoms with Gasteiger partial charge in [-0.05, 0) is 43.3 Å². The van der Waals surface area contributed by atoms with Crippen molar-refractivity contribution in [2.45, 2.75) is 13.0 Å². The van der Waals surface area contributed by atoms with Gasteiger partial charge in [0, 0.05) is 16.8 Å². The van der Waals surface area contributed by atoms with Gasteiger partial charge in [0.25, 0.3) is 11.7 Å². The minimum atomic E-state index is -1.22. The lowest BCUT2D eigenvalue weighted by atomic mass is 9.94. The van der Waals surface area contributed by atoms with Crippen LogP contribution in [0.1, 0.15) is 24.1 Å². The highest BCUT2D eigenvalue weighted by Crippen LogP contribution is 2.44. The van der Waals surface area contributed by atoms with Crippen molar-refractivity contribution in [3.63, 3.8) is 0 Å². The van der Waals surface area contributed by atoms with Crippen molar-refractivity contribution >= 4 is 34.7 Å². The third-order valence-electron chi connectivity index (χ3n) is 5.48. The first-order chi connectivity index (χ1) is 16.4. The summed E-state index contributed by atoms with van der Waals surface area (Å²) in [5.41, 5.74) is 0.327. The lowest BCUT2D eigenvalue weighted by molar-refractivity contribution is -0.132. The van der Waals surface area contributed by atoms with Gasteiger partial charge in [-0.3, -0.25) is 14.5 Å². The number of nitrogens with zero attached hydrogens (tertiary/aromatic N) is 1. The number of carbonyl (C=O) groups excluding carboxylic acids is 2. The van der Waals surface area contributed by atoms with E-state index in [9.17, 15) is 19.1 Å². The quantitative estimate of drug-likeness (QED) is 0.285. The molecule has 0 aromatic heterocycles. The molecule has 1 fully saturated rings. The van der Waals surface area contributed by atoms with Crippen LogP contribution >= 0.6 is 11.6 Å². The number of hydrogen-bond donors (Lipinski definition) is 1. The molecule has 4 rings (SSSR count). The van der Waals surface area contributed by atoms with Crippen molar-refractivity contribution in [2.75, 3.05) is 18.6 Å². The zero-order valence-corrected chi connectivity index (χ0v) is 19.2. The van der Waals surface area contributed by atoms with Gasteiger partial charge in [-0.25, -0.2) is 4.39 Å². The van der Waals surface area contributed by atoms with Crippen molar-refractivity contribution in [2.24, 2.45) is 0 Å². The number of rotatable bonds is 6. The summed E-state index contributed by atoms with van der Waals surface area (Å²) in [6.45, 7) is 2.22. The van der Waals surface area contributed by atoms with Gasteiger partial charge in [0.15, 0.2) is 0 Å². The molecule has 1 atom stereocenters. The predicted molar refractivity (Wildman–Crippen MR) is 127 cm³/mol. The number of ether oxygens (including phenoxy) is 2. The van der Waals surface area contributed by atoms with Crippen LogP contribution in [0.2, 0.25) is 5.02 Å². The maximum atomic E-state index is 15.0. The second-order valence-corrected chi connectivity index (χ2v) is 7.88. The van der Waals surface area contributed by atoms with Crippen LogP contribution in [0.3, 0.4) is 0 Å². The Morgan fingerprint density at radius 3 is 2.53 bits per heavy atom. The Hall–Kier alpha value is -3.84. The van der Waals surface area contributed by atoms with E-state index in [1.165, 1.54) is 31.4 Å². The van der Waals surface area contributed by atoms with E-state index < -0.39 is 29.3 Å². The summed E-state index contributed by atoms with van der Waals surface area (Å²) in [4.78, 5) is 27.5. The van der Waals surface area contributed by atoms with Crippen LogP contribution < -0.4 is 14.4 Å². The van der Waals surface area contributed by atoms with E-state index >= 15 is 0 Å². The average molecular weight is 482 g/mol. The summed E-state index contributed by atoms with van der Waals surface area (Å²) in [6.07, 6.45) is 0. The largest absolute Gasteiger partial charge is 0.507 e. The van der Waals surface area contributed by atoms with Crippen molar-refractivity contribution in [1.29, 1.82) is 0 Å². The number of aliphatic hydroxyl groups is 1. The minimum Gasteiger partial charge on any atom is -0.507 e. The molecule has 3 aromatic carbocycles. The van der Waals surface area contributed by atoms with Crippen molar-refractivity contribution < 1.29 is 28.6 Å². The molecular weight excluding hydrogens is 461 g/mol. The maximum absolute atomic E-state index is 15.0. The van der Waals surface area contributed by atoms with Crippen LogP contribution in [0.5, 0.6) is 11.5 Å². The number of methoxy groups -OCH3 is 1. The Kier molecular flexibility index (Phi) is 6.56. The number of halogens is 2. The number of carbonyl (C=O) groups is 2. The van der Waals surface area contributed by atoms with Crippen LogP contribution in [0.25, 0.3) is 5.76 Å². The van der Waals surface area contributed by atoms with Gasteiger partial charge in [0.2, 0.25) is 0 Å². The van der Waals surface area contributed by atoms with E-state index in [1.807, 2.05) is 6.92 Å². The third-order valence-corrected chi connectivity index (χ3v) is 5.77. The molecule has 1 heterocycles. The summed E-state index contributed by atoms with van der Waals surface area (Å²) in [7, 11) is 1.45. The second-order valence-electron chi connectivity index (χ2n) is 7.47. The number of anilines is 1. The maximum Gasteiger partial charge on any atom is 0.300 e.